The molecule has 1 aliphatic rings. The maximum absolute atomic E-state index is 12.3. The maximum Gasteiger partial charge on any atom is 0.273 e. The molecule has 1 aromatic heterocycles. The molecule has 104 valence electrons. The van der Waals surface area contributed by atoms with Gasteiger partial charge >= 0.3 is 0 Å². The lowest BCUT2D eigenvalue weighted by Crippen LogP contribution is -2.34. The van der Waals surface area contributed by atoms with E-state index in [1.807, 2.05) is 14.0 Å². The molecule has 0 saturated heterocycles. The monoisotopic (exact) mass is 281 g/mol. The molecule has 5 heteroatoms. The van der Waals surface area contributed by atoms with Gasteiger partial charge < -0.3 is 10.2 Å². The third kappa shape index (κ3) is 3.38. The van der Waals surface area contributed by atoms with Crippen LogP contribution in [-0.4, -0.2) is 35.9 Å². The Kier molecular flexibility index (Phi) is 4.64. The van der Waals surface area contributed by atoms with Gasteiger partial charge in [-0.3, -0.25) is 4.79 Å². The van der Waals surface area contributed by atoms with Crippen LogP contribution in [0.25, 0.3) is 0 Å². The number of halogens is 1. The average Bonchev–Trinajstić information content (AvgIpc) is 2.35. The number of pyridine rings is 1. The minimum Gasteiger partial charge on any atom is -0.370 e. The molecule has 1 saturated carbocycles. The molecule has 0 radical (unpaired) electrons. The van der Waals surface area contributed by atoms with E-state index in [0.29, 0.717) is 22.5 Å². The summed E-state index contributed by atoms with van der Waals surface area (Å²) in [6, 6.07) is 3.51. The quantitative estimate of drug-likeness (QED) is 0.902. The third-order valence-electron chi connectivity index (χ3n) is 3.51. The van der Waals surface area contributed by atoms with Gasteiger partial charge in [0.2, 0.25) is 0 Å². The van der Waals surface area contributed by atoms with Crippen LogP contribution < -0.4 is 5.32 Å². The van der Waals surface area contributed by atoms with Gasteiger partial charge in [-0.1, -0.05) is 18.0 Å². The van der Waals surface area contributed by atoms with Crippen molar-refractivity contribution >= 4 is 23.3 Å². The van der Waals surface area contributed by atoms with E-state index in [-0.39, 0.29) is 5.91 Å². The Labute approximate surface area is 119 Å². The van der Waals surface area contributed by atoms with E-state index in [4.69, 9.17) is 11.6 Å². The predicted molar refractivity (Wildman–Crippen MR) is 77.7 cm³/mol. The number of amides is 1. The Morgan fingerprint density at radius 1 is 1.53 bits per heavy atom. The number of rotatable bonds is 5. The summed E-state index contributed by atoms with van der Waals surface area (Å²) in [7, 11) is 1.82. The van der Waals surface area contributed by atoms with E-state index in [9.17, 15) is 4.79 Å². The van der Waals surface area contributed by atoms with Gasteiger partial charge in [0.15, 0.2) is 0 Å². The summed E-state index contributed by atoms with van der Waals surface area (Å²) >= 11 is 6.08. The summed E-state index contributed by atoms with van der Waals surface area (Å²) in [5, 5.41) is 3.50. The lowest BCUT2D eigenvalue weighted by atomic mass is 9.85. The molecule has 4 nitrogen and oxygen atoms in total. The fourth-order valence-corrected chi connectivity index (χ4v) is 2.38. The molecule has 1 N–H and O–H groups in total. The van der Waals surface area contributed by atoms with Crippen molar-refractivity contribution < 1.29 is 4.79 Å². The smallest absolute Gasteiger partial charge is 0.273 e. The summed E-state index contributed by atoms with van der Waals surface area (Å²) in [5.41, 5.74) is 0.335. The topological polar surface area (TPSA) is 45.2 Å². The van der Waals surface area contributed by atoms with Crippen molar-refractivity contribution in [2.45, 2.75) is 26.2 Å². The van der Waals surface area contributed by atoms with E-state index in [0.717, 1.165) is 13.1 Å². The lowest BCUT2D eigenvalue weighted by Gasteiger charge is -2.30. The van der Waals surface area contributed by atoms with Crippen molar-refractivity contribution in [3.63, 3.8) is 0 Å². The van der Waals surface area contributed by atoms with Gasteiger partial charge in [-0.2, -0.15) is 0 Å². The molecule has 1 aromatic rings. The summed E-state index contributed by atoms with van der Waals surface area (Å²) in [6.07, 6.45) is 3.72. The van der Waals surface area contributed by atoms with Gasteiger partial charge in [0, 0.05) is 20.1 Å². The van der Waals surface area contributed by atoms with Gasteiger partial charge in [-0.05, 0) is 37.8 Å². The number of nitrogens with one attached hydrogen (secondary N) is 1. The van der Waals surface area contributed by atoms with E-state index >= 15 is 0 Å². The fraction of sp³-hybridized carbons (Fsp3) is 0.571. The second-order valence-corrected chi connectivity index (χ2v) is 5.45. The van der Waals surface area contributed by atoms with Crippen LogP contribution in [0.2, 0.25) is 5.02 Å². The molecule has 1 fully saturated rings. The molecule has 0 aromatic carbocycles. The number of nitrogens with zero attached hydrogens (tertiary/aromatic N) is 2. The van der Waals surface area contributed by atoms with E-state index < -0.39 is 0 Å². The van der Waals surface area contributed by atoms with Gasteiger partial charge in [0.25, 0.3) is 5.91 Å². The largest absolute Gasteiger partial charge is 0.370 e. The average molecular weight is 282 g/mol. The van der Waals surface area contributed by atoms with Crippen molar-refractivity contribution in [3.05, 3.63) is 22.8 Å². The molecule has 0 unspecified atom stereocenters. The van der Waals surface area contributed by atoms with Crippen LogP contribution in [0.4, 0.5) is 5.82 Å². The van der Waals surface area contributed by atoms with Gasteiger partial charge in [-0.25, -0.2) is 4.98 Å². The normalized spacial score (nSPS) is 14.9. The summed E-state index contributed by atoms with van der Waals surface area (Å²) in [5.74, 6) is 1.23. The van der Waals surface area contributed by atoms with E-state index in [1.165, 1.54) is 19.3 Å². The van der Waals surface area contributed by atoms with Gasteiger partial charge in [-0.15, -0.1) is 0 Å². The fourth-order valence-electron chi connectivity index (χ4n) is 2.20. The number of hydrogen-bond donors (Lipinski definition) is 1. The highest BCUT2D eigenvalue weighted by atomic mass is 35.5. The number of carbonyl (C=O) groups excluding carboxylic acids is 1. The zero-order valence-electron chi connectivity index (χ0n) is 11.4. The number of hydrogen-bond acceptors (Lipinski definition) is 3. The first-order valence-electron chi connectivity index (χ1n) is 6.77. The minimum absolute atomic E-state index is 0.100. The van der Waals surface area contributed by atoms with Crippen molar-refractivity contribution in [3.8, 4) is 0 Å². The van der Waals surface area contributed by atoms with Crippen molar-refractivity contribution in [2.24, 2.45) is 5.92 Å². The second kappa shape index (κ2) is 6.24. The lowest BCUT2D eigenvalue weighted by molar-refractivity contribution is 0.0740. The first-order valence-corrected chi connectivity index (χ1v) is 7.15. The molecular formula is C14H20ClN3O. The van der Waals surface area contributed by atoms with Crippen molar-refractivity contribution in [1.82, 2.24) is 9.88 Å². The summed E-state index contributed by atoms with van der Waals surface area (Å²) in [4.78, 5) is 18.4. The molecular weight excluding hydrogens is 262 g/mol. The Hall–Kier alpha value is -1.29. The highest BCUT2D eigenvalue weighted by molar-refractivity contribution is 6.33. The standard InChI is InChI=1S/C14H20ClN3O/c1-3-16-12-8-7-11(15)13(17-12)14(19)18(2)9-10-5-4-6-10/h7-8,10H,3-6,9H2,1-2H3,(H,16,17). The zero-order valence-corrected chi connectivity index (χ0v) is 12.2. The predicted octanol–water partition coefficient (Wildman–Crippen LogP) is 3.04. The molecule has 0 atom stereocenters. The Balaban J connectivity index is 2.09. The molecule has 1 heterocycles. The molecule has 0 bridgehead atoms. The molecule has 2 rings (SSSR count). The maximum atomic E-state index is 12.3. The molecule has 1 aliphatic carbocycles. The van der Waals surface area contributed by atoms with Crippen LogP contribution in [0.1, 0.15) is 36.7 Å². The van der Waals surface area contributed by atoms with Crippen molar-refractivity contribution in [1.29, 1.82) is 0 Å². The third-order valence-corrected chi connectivity index (χ3v) is 3.81. The zero-order chi connectivity index (χ0) is 13.8. The Morgan fingerprint density at radius 3 is 2.84 bits per heavy atom. The van der Waals surface area contributed by atoms with Crippen molar-refractivity contribution in [2.75, 3.05) is 25.5 Å². The van der Waals surface area contributed by atoms with Crippen LogP contribution in [0, 0.1) is 5.92 Å². The Morgan fingerprint density at radius 2 is 2.26 bits per heavy atom. The number of aromatic nitrogens is 1. The van der Waals surface area contributed by atoms with Crippen LogP contribution in [-0.2, 0) is 0 Å². The highest BCUT2D eigenvalue weighted by Gasteiger charge is 2.24. The summed E-state index contributed by atoms with van der Waals surface area (Å²) < 4.78 is 0. The first-order chi connectivity index (χ1) is 9.11. The SMILES string of the molecule is CCNc1ccc(Cl)c(C(=O)N(C)CC2CCC2)n1. The molecule has 0 aliphatic heterocycles. The van der Waals surface area contributed by atoms with Crippen LogP contribution in [0.15, 0.2) is 12.1 Å². The van der Waals surface area contributed by atoms with E-state index in [1.54, 1.807) is 17.0 Å². The Bertz CT molecular complexity index is 460. The number of anilines is 1. The van der Waals surface area contributed by atoms with Gasteiger partial charge in [0.1, 0.15) is 11.5 Å². The number of carbonyl (C=O) groups is 1. The van der Waals surface area contributed by atoms with Gasteiger partial charge in [0.05, 0.1) is 5.02 Å². The first kappa shape index (κ1) is 14.1. The second-order valence-electron chi connectivity index (χ2n) is 5.04. The van der Waals surface area contributed by atoms with Crippen LogP contribution in [0.5, 0.6) is 0 Å². The molecule has 0 spiro atoms. The highest BCUT2D eigenvalue weighted by Crippen LogP contribution is 2.27. The van der Waals surface area contributed by atoms with Crippen LogP contribution >= 0.6 is 11.6 Å². The van der Waals surface area contributed by atoms with Crippen LogP contribution in [0.3, 0.4) is 0 Å². The minimum atomic E-state index is -0.100. The van der Waals surface area contributed by atoms with E-state index in [2.05, 4.69) is 10.3 Å². The molecule has 19 heavy (non-hydrogen) atoms. The molecule has 1 amide bonds. The summed E-state index contributed by atoms with van der Waals surface area (Å²) in [6.45, 7) is 3.54.